The van der Waals surface area contributed by atoms with Gasteiger partial charge in [-0.1, -0.05) is 24.6 Å². The molecule has 2 N–H and O–H groups in total. The molecular weight excluding hydrogens is 324 g/mol. The number of methoxy groups -OCH3 is 1. The van der Waals surface area contributed by atoms with Crippen molar-refractivity contribution in [2.24, 2.45) is 17.1 Å². The SMILES string of the molecule is COc1ccc([C@H]2[C@@H]3CCCCC=C3C(N)=C(C#N)C2(C#N)C#N)cc1. The molecule has 2 aliphatic carbocycles. The van der Waals surface area contributed by atoms with Gasteiger partial charge in [-0.05, 0) is 48.4 Å². The zero-order chi connectivity index (χ0) is 18.7. The number of fused-ring (bicyclic) bond motifs is 1. The lowest BCUT2D eigenvalue weighted by molar-refractivity contribution is 0.333. The van der Waals surface area contributed by atoms with Crippen LogP contribution in [0.4, 0.5) is 0 Å². The van der Waals surface area contributed by atoms with E-state index >= 15 is 0 Å². The maximum absolute atomic E-state index is 10.00. The standard InChI is InChI=1S/C21H20N4O/c1-26-15-9-7-14(8-10-15)19-16-5-3-2-4-6-17(16)20(25)18(11-22)21(19,12-23)13-24/h6-10,16,19H,2-5,25H2,1H3/t16-,19+/m1/s1. The molecule has 0 saturated carbocycles. The summed E-state index contributed by atoms with van der Waals surface area (Å²) < 4.78 is 5.22. The molecule has 0 amide bonds. The first-order valence-electron chi connectivity index (χ1n) is 8.70. The van der Waals surface area contributed by atoms with Crippen LogP contribution < -0.4 is 10.5 Å². The van der Waals surface area contributed by atoms with Crippen LogP contribution in [-0.4, -0.2) is 7.11 Å². The normalized spacial score (nSPS) is 24.2. The van der Waals surface area contributed by atoms with Crippen molar-refractivity contribution >= 4 is 0 Å². The second kappa shape index (κ2) is 6.95. The van der Waals surface area contributed by atoms with Gasteiger partial charge in [0.15, 0.2) is 5.41 Å². The van der Waals surface area contributed by atoms with E-state index in [-0.39, 0.29) is 11.5 Å². The van der Waals surface area contributed by atoms with E-state index in [1.54, 1.807) is 7.11 Å². The van der Waals surface area contributed by atoms with Crippen molar-refractivity contribution < 1.29 is 4.74 Å². The number of nitriles is 3. The van der Waals surface area contributed by atoms with E-state index in [0.717, 1.165) is 36.8 Å². The number of nitrogens with zero attached hydrogens (tertiary/aromatic N) is 3. The third kappa shape index (κ3) is 2.52. The number of ether oxygens (including phenoxy) is 1. The smallest absolute Gasteiger partial charge is 0.187 e. The number of rotatable bonds is 2. The van der Waals surface area contributed by atoms with Crippen LogP contribution in [-0.2, 0) is 0 Å². The molecule has 0 unspecified atom stereocenters. The summed E-state index contributed by atoms with van der Waals surface area (Å²) in [5, 5.41) is 29.7. The van der Waals surface area contributed by atoms with E-state index in [1.807, 2.05) is 24.3 Å². The Morgan fingerprint density at radius 3 is 2.38 bits per heavy atom. The van der Waals surface area contributed by atoms with Gasteiger partial charge in [-0.2, -0.15) is 15.8 Å². The summed E-state index contributed by atoms with van der Waals surface area (Å²) in [6, 6.07) is 13.8. The van der Waals surface area contributed by atoms with Gasteiger partial charge in [-0.25, -0.2) is 0 Å². The summed E-state index contributed by atoms with van der Waals surface area (Å²) >= 11 is 0. The minimum Gasteiger partial charge on any atom is -0.497 e. The Hall–Kier alpha value is -3.23. The molecule has 5 heteroatoms. The Labute approximate surface area is 153 Å². The second-order valence-corrected chi connectivity index (χ2v) is 6.73. The van der Waals surface area contributed by atoms with E-state index in [4.69, 9.17) is 10.5 Å². The van der Waals surface area contributed by atoms with Crippen LogP contribution in [0.3, 0.4) is 0 Å². The predicted octanol–water partition coefficient (Wildman–Crippen LogP) is 3.68. The van der Waals surface area contributed by atoms with Crippen molar-refractivity contribution in [1.29, 1.82) is 15.8 Å². The largest absolute Gasteiger partial charge is 0.497 e. The van der Waals surface area contributed by atoms with Crippen molar-refractivity contribution in [3.63, 3.8) is 0 Å². The number of allylic oxidation sites excluding steroid dienone is 3. The Morgan fingerprint density at radius 2 is 1.81 bits per heavy atom. The fourth-order valence-electron chi connectivity index (χ4n) is 4.26. The zero-order valence-corrected chi connectivity index (χ0v) is 14.7. The van der Waals surface area contributed by atoms with Gasteiger partial charge in [-0.15, -0.1) is 0 Å². The molecule has 130 valence electrons. The quantitative estimate of drug-likeness (QED) is 0.880. The number of hydrogen-bond donors (Lipinski definition) is 1. The Balaban J connectivity index is 2.28. The van der Waals surface area contributed by atoms with Crippen molar-refractivity contribution in [3.05, 3.63) is 52.7 Å². The van der Waals surface area contributed by atoms with E-state index < -0.39 is 11.3 Å². The third-order valence-corrected chi connectivity index (χ3v) is 5.52. The molecule has 0 heterocycles. The molecule has 26 heavy (non-hydrogen) atoms. The van der Waals surface area contributed by atoms with Gasteiger partial charge in [-0.3, -0.25) is 0 Å². The van der Waals surface area contributed by atoms with Gasteiger partial charge in [0.25, 0.3) is 0 Å². The summed E-state index contributed by atoms with van der Waals surface area (Å²) in [5.41, 5.74) is 6.87. The number of benzene rings is 1. The molecule has 0 radical (unpaired) electrons. The lowest BCUT2D eigenvalue weighted by Gasteiger charge is -2.41. The summed E-state index contributed by atoms with van der Waals surface area (Å²) in [6.07, 6.45) is 5.86. The van der Waals surface area contributed by atoms with Crippen molar-refractivity contribution in [3.8, 4) is 24.0 Å². The van der Waals surface area contributed by atoms with Crippen LogP contribution in [0.1, 0.15) is 37.2 Å². The molecule has 0 saturated heterocycles. The predicted molar refractivity (Wildman–Crippen MR) is 96.3 cm³/mol. The van der Waals surface area contributed by atoms with E-state index in [1.165, 1.54) is 0 Å². The van der Waals surface area contributed by atoms with Gasteiger partial charge < -0.3 is 10.5 Å². The zero-order valence-electron chi connectivity index (χ0n) is 14.7. The van der Waals surface area contributed by atoms with Crippen LogP contribution in [0.25, 0.3) is 0 Å². The van der Waals surface area contributed by atoms with E-state index in [2.05, 4.69) is 24.3 Å². The monoisotopic (exact) mass is 344 g/mol. The summed E-state index contributed by atoms with van der Waals surface area (Å²) in [7, 11) is 1.59. The highest BCUT2D eigenvalue weighted by Crippen LogP contribution is 2.55. The lowest BCUT2D eigenvalue weighted by Crippen LogP contribution is -2.40. The van der Waals surface area contributed by atoms with Gasteiger partial charge in [0, 0.05) is 5.92 Å². The summed E-state index contributed by atoms with van der Waals surface area (Å²) in [5.74, 6) is 0.216. The van der Waals surface area contributed by atoms with Gasteiger partial charge in [0.1, 0.15) is 5.75 Å². The maximum Gasteiger partial charge on any atom is 0.187 e. The first kappa shape index (κ1) is 17.6. The van der Waals surface area contributed by atoms with Crippen LogP contribution in [0.5, 0.6) is 5.75 Å². The van der Waals surface area contributed by atoms with Crippen molar-refractivity contribution in [2.45, 2.75) is 31.6 Å². The summed E-state index contributed by atoms with van der Waals surface area (Å²) in [4.78, 5) is 0. The molecule has 3 rings (SSSR count). The minimum atomic E-state index is -1.58. The molecule has 5 nitrogen and oxygen atoms in total. The molecule has 2 atom stereocenters. The molecule has 0 spiro atoms. The third-order valence-electron chi connectivity index (χ3n) is 5.52. The molecular formula is C21H20N4O. The fraction of sp³-hybridized carbons (Fsp3) is 0.381. The highest BCUT2D eigenvalue weighted by molar-refractivity contribution is 5.59. The van der Waals surface area contributed by atoms with Gasteiger partial charge >= 0.3 is 0 Å². The molecule has 0 bridgehead atoms. The number of hydrogen-bond acceptors (Lipinski definition) is 5. The lowest BCUT2D eigenvalue weighted by atomic mass is 9.57. The Bertz CT molecular complexity index is 876. The van der Waals surface area contributed by atoms with Crippen LogP contribution in [0.2, 0.25) is 0 Å². The van der Waals surface area contributed by atoms with E-state index in [0.29, 0.717) is 11.4 Å². The molecule has 1 aromatic rings. The maximum atomic E-state index is 10.00. The van der Waals surface area contributed by atoms with Crippen molar-refractivity contribution in [1.82, 2.24) is 0 Å². The number of nitrogens with two attached hydrogens (primary N) is 1. The molecule has 1 aromatic carbocycles. The average Bonchev–Trinajstić information content (AvgIpc) is 2.94. The fourth-order valence-corrected chi connectivity index (χ4v) is 4.26. The van der Waals surface area contributed by atoms with Crippen LogP contribution >= 0.6 is 0 Å². The van der Waals surface area contributed by atoms with E-state index in [9.17, 15) is 15.8 Å². The van der Waals surface area contributed by atoms with Gasteiger partial charge in [0.05, 0.1) is 36.6 Å². The molecule has 2 aliphatic rings. The molecule has 0 fully saturated rings. The summed E-state index contributed by atoms with van der Waals surface area (Å²) in [6.45, 7) is 0. The molecule has 0 aromatic heterocycles. The Morgan fingerprint density at radius 1 is 1.12 bits per heavy atom. The van der Waals surface area contributed by atoms with Gasteiger partial charge in [0.2, 0.25) is 0 Å². The minimum absolute atomic E-state index is 0.0534. The highest BCUT2D eigenvalue weighted by atomic mass is 16.5. The average molecular weight is 344 g/mol. The first-order valence-corrected chi connectivity index (χ1v) is 8.70. The second-order valence-electron chi connectivity index (χ2n) is 6.73. The molecule has 0 aliphatic heterocycles. The van der Waals surface area contributed by atoms with Crippen LogP contribution in [0.15, 0.2) is 47.2 Å². The topological polar surface area (TPSA) is 107 Å². The van der Waals surface area contributed by atoms with Crippen LogP contribution in [0, 0.1) is 45.3 Å². The Kier molecular flexibility index (Phi) is 4.70. The first-order chi connectivity index (χ1) is 12.6. The highest BCUT2D eigenvalue weighted by Gasteiger charge is 2.53. The van der Waals surface area contributed by atoms with Crippen molar-refractivity contribution in [2.75, 3.05) is 7.11 Å².